The number of para-hydroxylation sites is 1. The minimum Gasteiger partial charge on any atom is -0.482 e. The van der Waals surface area contributed by atoms with E-state index in [1.807, 2.05) is 25.1 Å². The van der Waals surface area contributed by atoms with E-state index in [2.05, 4.69) is 0 Å². The molecule has 2 aromatic rings. The Morgan fingerprint density at radius 1 is 0.967 bits per heavy atom. The first-order chi connectivity index (χ1) is 14.4. The fourth-order valence-corrected chi connectivity index (χ4v) is 4.75. The number of carbonyl (C=O) groups excluding carboxylic acids is 2. The maximum atomic E-state index is 12.5. The van der Waals surface area contributed by atoms with E-state index < -0.39 is 28.4 Å². The van der Waals surface area contributed by atoms with Gasteiger partial charge in [-0.15, -0.1) is 0 Å². The summed E-state index contributed by atoms with van der Waals surface area (Å²) in [5.41, 5.74) is 1.26. The average molecular weight is 432 g/mol. The first-order valence-corrected chi connectivity index (χ1v) is 11.4. The molecular weight excluding hydrogens is 406 g/mol. The predicted molar refractivity (Wildman–Crippen MR) is 111 cm³/mol. The lowest BCUT2D eigenvalue weighted by molar-refractivity contribution is -0.144. The Morgan fingerprint density at radius 3 is 2.30 bits per heavy atom. The van der Waals surface area contributed by atoms with Crippen LogP contribution in [0.3, 0.4) is 0 Å². The third-order valence-corrected chi connectivity index (χ3v) is 6.86. The van der Waals surface area contributed by atoms with Gasteiger partial charge in [0.05, 0.1) is 4.90 Å². The second-order valence-corrected chi connectivity index (χ2v) is 8.91. The second kappa shape index (κ2) is 9.86. The molecule has 1 aliphatic heterocycles. The van der Waals surface area contributed by atoms with Crippen LogP contribution >= 0.6 is 0 Å². The third kappa shape index (κ3) is 5.25. The normalized spacial score (nSPS) is 14.4. The molecule has 0 radical (unpaired) electrons. The number of benzene rings is 2. The van der Waals surface area contributed by atoms with Crippen LogP contribution < -0.4 is 4.74 Å². The van der Waals surface area contributed by atoms with E-state index in [0.29, 0.717) is 18.8 Å². The minimum atomic E-state index is -3.53. The van der Waals surface area contributed by atoms with E-state index in [-0.39, 0.29) is 17.1 Å². The van der Waals surface area contributed by atoms with Crippen LogP contribution in [0.2, 0.25) is 0 Å². The summed E-state index contributed by atoms with van der Waals surface area (Å²) in [4.78, 5) is 24.3. The highest BCUT2D eigenvalue weighted by atomic mass is 32.2. The van der Waals surface area contributed by atoms with E-state index in [1.54, 1.807) is 6.07 Å². The zero-order valence-electron chi connectivity index (χ0n) is 16.9. The van der Waals surface area contributed by atoms with Crippen molar-refractivity contribution in [2.45, 2.75) is 31.1 Å². The number of ketones is 1. The molecule has 0 bridgehead atoms. The Morgan fingerprint density at radius 2 is 1.63 bits per heavy atom. The SMILES string of the molecule is CCc1ccccc1OCC(=O)OCC(=O)c1ccc(S(=O)(=O)N2CCCC2)cc1. The van der Waals surface area contributed by atoms with Crippen LogP contribution in [0, 0.1) is 0 Å². The van der Waals surface area contributed by atoms with Gasteiger partial charge in [-0.1, -0.05) is 25.1 Å². The first kappa shape index (κ1) is 22.0. The summed E-state index contributed by atoms with van der Waals surface area (Å²) in [5.74, 6) is -0.456. The van der Waals surface area contributed by atoms with Crippen LogP contribution in [0.1, 0.15) is 35.7 Å². The summed E-state index contributed by atoms with van der Waals surface area (Å²) in [6, 6.07) is 13.1. The Kier molecular flexibility index (Phi) is 7.23. The molecule has 160 valence electrons. The molecule has 0 aliphatic carbocycles. The van der Waals surface area contributed by atoms with Crippen molar-refractivity contribution in [1.82, 2.24) is 4.31 Å². The van der Waals surface area contributed by atoms with Crippen LogP contribution in [0.25, 0.3) is 0 Å². The molecule has 1 saturated heterocycles. The summed E-state index contributed by atoms with van der Waals surface area (Å²) in [6.07, 6.45) is 2.48. The number of hydrogen-bond donors (Lipinski definition) is 0. The van der Waals surface area contributed by atoms with E-state index in [4.69, 9.17) is 9.47 Å². The number of rotatable bonds is 9. The number of sulfonamides is 1. The fraction of sp³-hybridized carbons (Fsp3) is 0.364. The predicted octanol–water partition coefficient (Wildman–Crippen LogP) is 2.84. The highest BCUT2D eigenvalue weighted by Crippen LogP contribution is 2.21. The quantitative estimate of drug-likeness (QED) is 0.448. The number of ether oxygens (including phenoxy) is 2. The first-order valence-electron chi connectivity index (χ1n) is 9.91. The molecule has 1 aliphatic rings. The van der Waals surface area contributed by atoms with Crippen molar-refractivity contribution in [1.29, 1.82) is 0 Å². The highest BCUT2D eigenvalue weighted by molar-refractivity contribution is 7.89. The molecule has 30 heavy (non-hydrogen) atoms. The molecule has 1 fully saturated rings. The molecule has 2 aromatic carbocycles. The monoisotopic (exact) mass is 431 g/mol. The summed E-state index contributed by atoms with van der Waals surface area (Å²) < 4.78 is 37.0. The van der Waals surface area contributed by atoms with E-state index in [9.17, 15) is 18.0 Å². The van der Waals surface area contributed by atoms with Gasteiger partial charge in [0.15, 0.2) is 19.0 Å². The molecule has 7 nitrogen and oxygen atoms in total. The molecule has 0 saturated carbocycles. The molecule has 0 unspecified atom stereocenters. The lowest BCUT2D eigenvalue weighted by Crippen LogP contribution is -2.27. The zero-order valence-corrected chi connectivity index (χ0v) is 17.7. The molecule has 3 rings (SSSR count). The number of hydrogen-bond acceptors (Lipinski definition) is 6. The molecule has 8 heteroatoms. The van der Waals surface area contributed by atoms with Crippen LogP contribution in [-0.2, 0) is 26.0 Å². The Hall–Kier alpha value is -2.71. The lowest BCUT2D eigenvalue weighted by Gasteiger charge is -2.15. The fourth-order valence-electron chi connectivity index (χ4n) is 3.23. The van der Waals surface area contributed by atoms with Crippen LogP contribution in [0.15, 0.2) is 53.4 Å². The molecule has 0 amide bonds. The lowest BCUT2D eigenvalue weighted by atomic mass is 10.1. The molecule has 0 atom stereocenters. The number of aryl methyl sites for hydroxylation is 1. The van der Waals surface area contributed by atoms with Gasteiger partial charge in [-0.2, -0.15) is 4.31 Å². The van der Waals surface area contributed by atoms with Crippen molar-refractivity contribution < 1.29 is 27.5 Å². The summed E-state index contributed by atoms with van der Waals surface area (Å²) >= 11 is 0. The maximum absolute atomic E-state index is 12.5. The van der Waals surface area contributed by atoms with Gasteiger partial charge in [0.1, 0.15) is 5.75 Å². The smallest absolute Gasteiger partial charge is 0.344 e. The van der Waals surface area contributed by atoms with Crippen LogP contribution in [0.5, 0.6) is 5.75 Å². The Balaban J connectivity index is 1.51. The van der Waals surface area contributed by atoms with E-state index >= 15 is 0 Å². The van der Waals surface area contributed by atoms with Crippen LogP contribution in [-0.4, -0.2) is 50.8 Å². The molecule has 0 N–H and O–H groups in total. The standard InChI is InChI=1S/C22H25NO6S/c1-2-17-7-3-4-8-21(17)28-16-22(25)29-15-20(24)18-9-11-19(12-10-18)30(26,27)23-13-5-6-14-23/h3-4,7-12H,2,5-6,13-16H2,1H3. The van der Waals surface area contributed by atoms with Gasteiger partial charge in [0, 0.05) is 18.7 Å². The maximum Gasteiger partial charge on any atom is 0.344 e. The van der Waals surface area contributed by atoms with Gasteiger partial charge >= 0.3 is 5.97 Å². The number of Topliss-reactive ketones (excluding diaryl/α,β-unsaturated/α-hetero) is 1. The number of esters is 1. The molecular formula is C22H25NO6S. The number of nitrogens with zero attached hydrogens (tertiary/aromatic N) is 1. The van der Waals surface area contributed by atoms with Crippen molar-refractivity contribution in [2.24, 2.45) is 0 Å². The summed E-state index contributed by atoms with van der Waals surface area (Å²) in [6.45, 7) is 2.29. The third-order valence-electron chi connectivity index (χ3n) is 4.94. The van der Waals surface area contributed by atoms with Crippen molar-refractivity contribution >= 4 is 21.8 Å². The minimum absolute atomic E-state index is 0.154. The second-order valence-electron chi connectivity index (χ2n) is 6.97. The largest absolute Gasteiger partial charge is 0.482 e. The summed E-state index contributed by atoms with van der Waals surface area (Å²) in [5, 5.41) is 0. The summed E-state index contributed by atoms with van der Waals surface area (Å²) in [7, 11) is -3.53. The van der Waals surface area contributed by atoms with Crippen LogP contribution in [0.4, 0.5) is 0 Å². The van der Waals surface area contributed by atoms with Gasteiger partial charge < -0.3 is 9.47 Å². The number of carbonyl (C=O) groups is 2. The van der Waals surface area contributed by atoms with Gasteiger partial charge in [-0.25, -0.2) is 13.2 Å². The topological polar surface area (TPSA) is 90.0 Å². The van der Waals surface area contributed by atoms with Gasteiger partial charge in [0.25, 0.3) is 0 Å². The van der Waals surface area contributed by atoms with Gasteiger partial charge in [0.2, 0.25) is 10.0 Å². The van der Waals surface area contributed by atoms with Crippen molar-refractivity contribution in [2.75, 3.05) is 26.3 Å². The van der Waals surface area contributed by atoms with Gasteiger partial charge in [-0.05, 0) is 55.2 Å². The zero-order chi connectivity index (χ0) is 21.6. The average Bonchev–Trinajstić information content (AvgIpc) is 3.32. The van der Waals surface area contributed by atoms with E-state index in [1.165, 1.54) is 28.6 Å². The van der Waals surface area contributed by atoms with Crippen molar-refractivity contribution in [3.63, 3.8) is 0 Å². The van der Waals surface area contributed by atoms with Gasteiger partial charge in [-0.3, -0.25) is 4.79 Å². The Labute approximate surface area is 176 Å². The Bertz CT molecular complexity index is 995. The molecule has 0 aromatic heterocycles. The van der Waals surface area contributed by atoms with Crippen molar-refractivity contribution in [3.05, 3.63) is 59.7 Å². The molecule has 1 heterocycles. The van der Waals surface area contributed by atoms with E-state index in [0.717, 1.165) is 24.8 Å². The van der Waals surface area contributed by atoms with Crippen molar-refractivity contribution in [3.8, 4) is 5.75 Å². The highest BCUT2D eigenvalue weighted by Gasteiger charge is 2.27. The molecule has 0 spiro atoms.